The lowest BCUT2D eigenvalue weighted by atomic mass is 9.81. The Balaban J connectivity index is 1.91. The van der Waals surface area contributed by atoms with E-state index in [1.54, 1.807) is 7.11 Å². The highest BCUT2D eigenvalue weighted by Crippen LogP contribution is 2.39. The van der Waals surface area contributed by atoms with Gasteiger partial charge in [0.2, 0.25) is 5.91 Å². The smallest absolute Gasteiger partial charge is 0.230 e. The Hall–Kier alpha value is -1.38. The summed E-state index contributed by atoms with van der Waals surface area (Å²) in [7, 11) is 1.65. The van der Waals surface area contributed by atoms with E-state index in [4.69, 9.17) is 11.2 Å². The van der Waals surface area contributed by atoms with Gasteiger partial charge in [0.15, 0.2) is 0 Å². The van der Waals surface area contributed by atoms with E-state index < -0.39 is 6.17 Å². The first kappa shape index (κ1) is 20.4. The number of alkyl halides is 1. The van der Waals surface area contributed by atoms with Crippen LogP contribution in [0.15, 0.2) is 6.07 Å². The molecule has 3 nitrogen and oxygen atoms in total. The Morgan fingerprint density at radius 3 is 2.52 bits per heavy atom. The summed E-state index contributed by atoms with van der Waals surface area (Å²) in [5, 5.41) is 0. The van der Waals surface area contributed by atoms with E-state index in [2.05, 4.69) is 12.8 Å². The molecule has 27 heavy (non-hydrogen) atoms. The molecule has 0 bridgehead atoms. The van der Waals surface area contributed by atoms with Gasteiger partial charge in [-0.05, 0) is 63.4 Å². The summed E-state index contributed by atoms with van der Waals surface area (Å²) in [5.41, 5.74) is 0.890. The highest BCUT2D eigenvalue weighted by Gasteiger charge is 2.36. The van der Waals surface area contributed by atoms with Crippen LogP contribution in [0.4, 0.5) is 10.1 Å². The van der Waals surface area contributed by atoms with Crippen molar-refractivity contribution in [3.05, 3.63) is 15.8 Å². The highest BCUT2D eigenvalue weighted by atomic mass is 32.1. The summed E-state index contributed by atoms with van der Waals surface area (Å²) in [5.74, 6) is 3.66. The fraction of sp³-hybridized carbons (Fsp3) is 0.682. The molecule has 1 aromatic rings. The number of amides is 1. The molecule has 2 saturated carbocycles. The molecule has 0 aliphatic heterocycles. The minimum absolute atomic E-state index is 0.0553. The number of carbonyl (C=O) groups excluding carboxylic acids is 1. The van der Waals surface area contributed by atoms with E-state index in [-0.39, 0.29) is 17.9 Å². The first-order valence-electron chi connectivity index (χ1n) is 10.1. The molecule has 3 rings (SSSR count). The number of carbonyl (C=O) groups is 1. The monoisotopic (exact) mass is 391 g/mol. The molecule has 0 radical (unpaired) electrons. The summed E-state index contributed by atoms with van der Waals surface area (Å²) in [4.78, 5) is 17.4. The van der Waals surface area contributed by atoms with Crippen LogP contribution in [0.1, 0.15) is 68.0 Å². The number of ether oxygens (including phenoxy) is 1. The van der Waals surface area contributed by atoms with Gasteiger partial charge in [0.25, 0.3) is 0 Å². The first-order chi connectivity index (χ1) is 13.0. The summed E-state index contributed by atoms with van der Waals surface area (Å²) in [6.45, 7) is 2.70. The van der Waals surface area contributed by atoms with Gasteiger partial charge < -0.3 is 9.64 Å². The number of halogens is 1. The van der Waals surface area contributed by atoms with E-state index >= 15 is 0 Å². The van der Waals surface area contributed by atoms with Gasteiger partial charge in [0.05, 0.1) is 22.0 Å². The summed E-state index contributed by atoms with van der Waals surface area (Å²) < 4.78 is 19.1. The van der Waals surface area contributed by atoms with Gasteiger partial charge in [-0.25, -0.2) is 4.39 Å². The zero-order valence-corrected chi connectivity index (χ0v) is 17.2. The van der Waals surface area contributed by atoms with Crippen molar-refractivity contribution >= 4 is 22.9 Å². The maximum atomic E-state index is 13.7. The largest absolute Gasteiger partial charge is 0.379 e. The van der Waals surface area contributed by atoms with Gasteiger partial charge in [-0.1, -0.05) is 12.8 Å². The number of anilines is 1. The second kappa shape index (κ2) is 9.21. The molecular formula is C22H30FNO2S. The first-order valence-corrected chi connectivity index (χ1v) is 10.9. The van der Waals surface area contributed by atoms with Crippen LogP contribution in [0.5, 0.6) is 0 Å². The lowest BCUT2D eigenvalue weighted by Gasteiger charge is -2.38. The fourth-order valence-electron chi connectivity index (χ4n) is 4.42. The quantitative estimate of drug-likeness (QED) is 0.636. The zero-order chi connectivity index (χ0) is 19.4. The molecule has 0 unspecified atom stereocenters. The molecule has 148 valence electrons. The number of rotatable bonds is 5. The van der Waals surface area contributed by atoms with Crippen molar-refractivity contribution in [2.24, 2.45) is 11.8 Å². The van der Waals surface area contributed by atoms with Crippen LogP contribution >= 0.6 is 11.3 Å². The van der Waals surface area contributed by atoms with Gasteiger partial charge in [0, 0.05) is 19.1 Å². The number of thiophene rings is 1. The number of nitrogens with zero attached hydrogens (tertiary/aromatic N) is 1. The minimum atomic E-state index is -0.740. The van der Waals surface area contributed by atoms with Crippen molar-refractivity contribution in [1.29, 1.82) is 0 Å². The van der Waals surface area contributed by atoms with Crippen molar-refractivity contribution in [2.75, 3.05) is 12.0 Å². The number of methoxy groups -OCH3 is 1. The molecule has 2 aliphatic rings. The van der Waals surface area contributed by atoms with E-state index in [0.717, 1.165) is 41.1 Å². The van der Waals surface area contributed by atoms with Gasteiger partial charge in [-0.2, -0.15) is 0 Å². The van der Waals surface area contributed by atoms with Gasteiger partial charge >= 0.3 is 0 Å². The Labute approximate surface area is 166 Å². The molecule has 1 aromatic heterocycles. The minimum Gasteiger partial charge on any atom is -0.379 e. The average molecular weight is 392 g/mol. The number of terminal acetylenes is 1. The third-order valence-corrected chi connectivity index (χ3v) is 7.09. The summed E-state index contributed by atoms with van der Waals surface area (Å²) in [6.07, 6.45) is 11.5. The predicted octanol–water partition coefficient (Wildman–Crippen LogP) is 5.32. The van der Waals surface area contributed by atoms with Gasteiger partial charge in [0.1, 0.15) is 6.17 Å². The zero-order valence-electron chi connectivity index (χ0n) is 16.4. The number of hydrogen-bond donors (Lipinski definition) is 0. The van der Waals surface area contributed by atoms with Crippen LogP contribution in [0, 0.1) is 24.2 Å². The molecule has 0 aromatic carbocycles. The molecule has 5 heteroatoms. The molecule has 0 atom stereocenters. The average Bonchev–Trinajstić information content (AvgIpc) is 3.07. The van der Waals surface area contributed by atoms with Crippen LogP contribution < -0.4 is 4.90 Å². The lowest BCUT2D eigenvalue weighted by molar-refractivity contribution is -0.124. The van der Waals surface area contributed by atoms with E-state index in [1.165, 1.54) is 11.3 Å². The van der Waals surface area contributed by atoms with Crippen LogP contribution in [0.2, 0.25) is 0 Å². The lowest BCUT2D eigenvalue weighted by Crippen LogP contribution is -2.46. The Morgan fingerprint density at radius 2 is 1.93 bits per heavy atom. The second-order valence-corrected chi connectivity index (χ2v) is 9.20. The van der Waals surface area contributed by atoms with Crippen LogP contribution in [-0.2, 0) is 16.1 Å². The standard InChI is InChI=1S/C22H30FNO2S/c1-4-19-13-20(21(27-19)14-26-3)24(18-11-9-17(23)10-12-18)22(25)16-7-5-15(2)6-8-16/h1,13,15-18H,5-12,14H2,2-3H3. The van der Waals surface area contributed by atoms with Crippen molar-refractivity contribution in [3.8, 4) is 12.3 Å². The molecule has 0 N–H and O–H groups in total. The Bertz CT molecular complexity index is 679. The molecule has 0 spiro atoms. The van der Waals surface area contributed by atoms with E-state index in [9.17, 15) is 9.18 Å². The summed E-state index contributed by atoms with van der Waals surface area (Å²) >= 11 is 1.51. The molecule has 2 aliphatic carbocycles. The topological polar surface area (TPSA) is 29.5 Å². The van der Waals surface area contributed by atoms with Crippen molar-refractivity contribution in [1.82, 2.24) is 0 Å². The Morgan fingerprint density at radius 1 is 1.26 bits per heavy atom. The van der Waals surface area contributed by atoms with Crippen LogP contribution in [-0.4, -0.2) is 25.2 Å². The second-order valence-electron chi connectivity index (χ2n) is 8.07. The maximum absolute atomic E-state index is 13.7. The van der Waals surface area contributed by atoms with E-state index in [1.807, 2.05) is 11.0 Å². The number of hydrogen-bond acceptors (Lipinski definition) is 3. The molecular weight excluding hydrogens is 361 g/mol. The van der Waals surface area contributed by atoms with Crippen molar-refractivity contribution in [2.45, 2.75) is 77.1 Å². The third-order valence-electron chi connectivity index (χ3n) is 6.06. The predicted molar refractivity (Wildman–Crippen MR) is 109 cm³/mol. The van der Waals surface area contributed by atoms with Gasteiger partial charge in [-0.15, -0.1) is 17.8 Å². The maximum Gasteiger partial charge on any atom is 0.230 e. The third kappa shape index (κ3) is 4.73. The van der Waals surface area contributed by atoms with Crippen LogP contribution in [0.25, 0.3) is 0 Å². The highest BCUT2D eigenvalue weighted by molar-refractivity contribution is 7.13. The molecule has 2 fully saturated rings. The Kier molecular flexibility index (Phi) is 6.94. The normalized spacial score (nSPS) is 28.5. The van der Waals surface area contributed by atoms with Crippen molar-refractivity contribution < 1.29 is 13.9 Å². The fourth-order valence-corrected chi connectivity index (χ4v) is 5.35. The van der Waals surface area contributed by atoms with Gasteiger partial charge in [-0.3, -0.25) is 4.79 Å². The van der Waals surface area contributed by atoms with E-state index in [0.29, 0.717) is 38.2 Å². The summed E-state index contributed by atoms with van der Waals surface area (Å²) in [6, 6.07) is 2.00. The van der Waals surface area contributed by atoms with Crippen LogP contribution in [0.3, 0.4) is 0 Å². The molecule has 1 heterocycles. The van der Waals surface area contributed by atoms with Crippen molar-refractivity contribution in [3.63, 3.8) is 0 Å². The molecule has 0 saturated heterocycles. The molecule has 1 amide bonds. The SMILES string of the molecule is C#Cc1cc(N(C(=O)C2CCC(C)CC2)C2CCC(F)CC2)c(COC)s1.